The van der Waals surface area contributed by atoms with Gasteiger partial charge in [0.1, 0.15) is 11.5 Å². The highest BCUT2D eigenvalue weighted by Gasteiger charge is 2.21. The van der Waals surface area contributed by atoms with E-state index in [1.54, 1.807) is 0 Å². The molecule has 64 valence electrons. The maximum absolute atomic E-state index is 5.44. The number of hydrogen-bond donors (Lipinski definition) is 0. The van der Waals surface area contributed by atoms with Gasteiger partial charge in [-0.1, -0.05) is 13.8 Å². The molecule has 0 bridgehead atoms. The molecule has 1 heterocycles. The van der Waals surface area contributed by atoms with Crippen molar-refractivity contribution in [2.75, 3.05) is 0 Å². The van der Waals surface area contributed by atoms with Crippen LogP contribution in [0.4, 0.5) is 0 Å². The summed E-state index contributed by atoms with van der Waals surface area (Å²) in [7, 11) is 0. The molecule has 0 unspecified atom stereocenters. The zero-order valence-corrected chi connectivity index (χ0v) is 7.68. The van der Waals surface area contributed by atoms with Crippen molar-refractivity contribution in [1.82, 2.24) is 0 Å². The first-order valence-corrected chi connectivity index (χ1v) is 4.10. The van der Waals surface area contributed by atoms with Crippen molar-refractivity contribution in [2.45, 2.75) is 40.4 Å². The van der Waals surface area contributed by atoms with Crippen molar-refractivity contribution in [2.24, 2.45) is 5.92 Å². The highest BCUT2D eigenvalue weighted by atomic mass is 16.7. The average molecular weight is 156 g/mol. The van der Waals surface area contributed by atoms with E-state index in [1.165, 1.54) is 0 Å². The minimum atomic E-state index is -0.0324. The van der Waals surface area contributed by atoms with Crippen molar-refractivity contribution in [1.29, 1.82) is 0 Å². The maximum atomic E-state index is 5.44. The highest BCUT2D eigenvalue weighted by molar-refractivity contribution is 4.99. The van der Waals surface area contributed by atoms with Crippen LogP contribution >= 0.6 is 0 Å². The molecule has 0 aliphatic carbocycles. The van der Waals surface area contributed by atoms with Gasteiger partial charge < -0.3 is 9.47 Å². The summed E-state index contributed by atoms with van der Waals surface area (Å²) in [4.78, 5) is 0. The number of allylic oxidation sites excluding steroid dienone is 2. The van der Waals surface area contributed by atoms with E-state index in [1.807, 2.05) is 13.8 Å². The molecule has 0 aromatic rings. The Morgan fingerprint density at radius 3 is 2.00 bits per heavy atom. The van der Waals surface area contributed by atoms with Crippen molar-refractivity contribution in [3.63, 3.8) is 0 Å². The summed E-state index contributed by atoms with van der Waals surface area (Å²) in [6.45, 7) is 8.21. The summed E-state index contributed by atoms with van der Waals surface area (Å²) in [5, 5.41) is 0. The Morgan fingerprint density at radius 2 is 1.64 bits per heavy atom. The summed E-state index contributed by atoms with van der Waals surface area (Å²) in [6.07, 6.45) is 0.935. The predicted molar refractivity (Wildman–Crippen MR) is 43.8 cm³/mol. The molecule has 0 spiro atoms. The Kier molecular flexibility index (Phi) is 2.42. The van der Waals surface area contributed by atoms with E-state index in [9.17, 15) is 0 Å². The molecule has 1 rings (SSSR count). The zero-order chi connectivity index (χ0) is 8.43. The minimum Gasteiger partial charge on any atom is -0.456 e. The fraction of sp³-hybridized carbons (Fsp3) is 0.778. The maximum Gasteiger partial charge on any atom is 0.240 e. The van der Waals surface area contributed by atoms with E-state index in [0.717, 1.165) is 17.9 Å². The summed E-state index contributed by atoms with van der Waals surface area (Å²) >= 11 is 0. The van der Waals surface area contributed by atoms with Gasteiger partial charge in [-0.3, -0.25) is 0 Å². The minimum absolute atomic E-state index is 0.0324. The van der Waals surface area contributed by atoms with Crippen molar-refractivity contribution >= 4 is 0 Å². The quantitative estimate of drug-likeness (QED) is 0.612. The van der Waals surface area contributed by atoms with E-state index in [0.29, 0.717) is 5.92 Å². The van der Waals surface area contributed by atoms with Gasteiger partial charge in [-0.2, -0.15) is 0 Å². The Balaban J connectivity index is 2.36. The summed E-state index contributed by atoms with van der Waals surface area (Å²) in [6, 6.07) is 0. The zero-order valence-electron chi connectivity index (χ0n) is 7.68. The molecular formula is C9H16O2. The third kappa shape index (κ3) is 2.14. The molecule has 1 aliphatic rings. The van der Waals surface area contributed by atoms with Gasteiger partial charge in [-0.15, -0.1) is 0 Å². The molecule has 0 N–H and O–H groups in total. The average Bonchev–Trinajstić information content (AvgIpc) is 2.10. The van der Waals surface area contributed by atoms with Crippen LogP contribution in [0.1, 0.15) is 34.1 Å². The molecule has 0 atom stereocenters. The Hall–Kier alpha value is -0.660. The highest BCUT2D eigenvalue weighted by Crippen LogP contribution is 2.24. The molecule has 0 amide bonds. The second-order valence-electron chi connectivity index (χ2n) is 3.41. The molecule has 2 heteroatoms. The van der Waals surface area contributed by atoms with Gasteiger partial charge in [0.25, 0.3) is 0 Å². The van der Waals surface area contributed by atoms with Crippen molar-refractivity contribution < 1.29 is 9.47 Å². The van der Waals surface area contributed by atoms with Crippen LogP contribution < -0.4 is 0 Å². The van der Waals surface area contributed by atoms with Crippen molar-refractivity contribution in [3.8, 4) is 0 Å². The summed E-state index contributed by atoms with van der Waals surface area (Å²) in [5.41, 5.74) is 0. The molecule has 0 saturated carbocycles. The number of rotatable bonds is 2. The van der Waals surface area contributed by atoms with E-state index in [-0.39, 0.29) is 6.29 Å². The number of hydrogen-bond acceptors (Lipinski definition) is 2. The second kappa shape index (κ2) is 3.16. The molecule has 11 heavy (non-hydrogen) atoms. The van der Waals surface area contributed by atoms with Gasteiger partial charge in [-0.25, -0.2) is 0 Å². The monoisotopic (exact) mass is 156 g/mol. The predicted octanol–water partition coefficient (Wildman–Crippen LogP) is 2.66. The molecular weight excluding hydrogens is 140 g/mol. The van der Waals surface area contributed by atoms with E-state index >= 15 is 0 Å². The normalized spacial score (nSPS) is 19.0. The molecule has 0 aromatic heterocycles. The van der Waals surface area contributed by atoms with Crippen molar-refractivity contribution in [3.05, 3.63) is 11.5 Å². The van der Waals surface area contributed by atoms with E-state index in [2.05, 4.69) is 13.8 Å². The van der Waals surface area contributed by atoms with Crippen LogP contribution in [-0.2, 0) is 9.47 Å². The fourth-order valence-corrected chi connectivity index (χ4v) is 1.07. The van der Waals surface area contributed by atoms with Crippen LogP contribution in [0.15, 0.2) is 11.5 Å². The first kappa shape index (κ1) is 8.44. The molecule has 0 aromatic carbocycles. The first-order chi connectivity index (χ1) is 5.09. The van der Waals surface area contributed by atoms with Crippen LogP contribution in [0.2, 0.25) is 0 Å². The molecule has 0 radical (unpaired) electrons. The van der Waals surface area contributed by atoms with Crippen LogP contribution in [0.25, 0.3) is 0 Å². The molecule has 0 fully saturated rings. The SMILES string of the molecule is CC1=C(C)OC(CC(C)C)O1. The fourth-order valence-electron chi connectivity index (χ4n) is 1.07. The van der Waals surface area contributed by atoms with Gasteiger partial charge in [0, 0.05) is 6.42 Å². The van der Waals surface area contributed by atoms with Crippen LogP contribution in [-0.4, -0.2) is 6.29 Å². The Labute approximate surface area is 68.2 Å². The summed E-state index contributed by atoms with van der Waals surface area (Å²) in [5.74, 6) is 2.48. The first-order valence-electron chi connectivity index (χ1n) is 4.10. The third-order valence-electron chi connectivity index (χ3n) is 1.78. The van der Waals surface area contributed by atoms with Crippen LogP contribution in [0, 0.1) is 5.92 Å². The standard InChI is InChI=1S/C9H16O2/c1-6(2)5-9-10-7(3)8(4)11-9/h6,9H,5H2,1-4H3. The molecule has 2 nitrogen and oxygen atoms in total. The number of ether oxygens (including phenoxy) is 2. The van der Waals surface area contributed by atoms with Gasteiger partial charge in [0.2, 0.25) is 6.29 Å². The Bertz CT molecular complexity index is 156. The van der Waals surface area contributed by atoms with Crippen LogP contribution in [0.3, 0.4) is 0 Å². The largest absolute Gasteiger partial charge is 0.456 e. The second-order valence-corrected chi connectivity index (χ2v) is 3.41. The van der Waals surface area contributed by atoms with Gasteiger partial charge in [0.15, 0.2) is 0 Å². The van der Waals surface area contributed by atoms with E-state index < -0.39 is 0 Å². The third-order valence-corrected chi connectivity index (χ3v) is 1.78. The molecule has 1 aliphatic heterocycles. The lowest BCUT2D eigenvalue weighted by Crippen LogP contribution is -2.11. The Morgan fingerprint density at radius 1 is 1.18 bits per heavy atom. The summed E-state index contributed by atoms with van der Waals surface area (Å²) < 4.78 is 10.9. The lowest BCUT2D eigenvalue weighted by atomic mass is 10.1. The topological polar surface area (TPSA) is 18.5 Å². The van der Waals surface area contributed by atoms with Crippen LogP contribution in [0.5, 0.6) is 0 Å². The van der Waals surface area contributed by atoms with Gasteiger partial charge in [0.05, 0.1) is 0 Å². The lowest BCUT2D eigenvalue weighted by Gasteiger charge is -2.13. The van der Waals surface area contributed by atoms with Gasteiger partial charge >= 0.3 is 0 Å². The lowest BCUT2D eigenvalue weighted by molar-refractivity contribution is -0.0507. The van der Waals surface area contributed by atoms with Gasteiger partial charge in [-0.05, 0) is 19.8 Å². The molecule has 0 saturated heterocycles. The smallest absolute Gasteiger partial charge is 0.240 e. The van der Waals surface area contributed by atoms with E-state index in [4.69, 9.17) is 9.47 Å².